The van der Waals surface area contributed by atoms with Gasteiger partial charge in [-0.15, -0.1) is 6.58 Å². The number of rotatable bonds is 7. The maximum atomic E-state index is 14.5. The van der Waals surface area contributed by atoms with Crippen LogP contribution in [-0.2, 0) is 29.1 Å². The second-order valence-electron chi connectivity index (χ2n) is 15.2. The van der Waals surface area contributed by atoms with Gasteiger partial charge in [-0.25, -0.2) is 27.7 Å². The van der Waals surface area contributed by atoms with E-state index in [1.54, 1.807) is 6.20 Å². The van der Waals surface area contributed by atoms with Crippen LogP contribution in [0.4, 0.5) is 4.79 Å². The number of amides is 4. The number of sulfonamides is 1. The van der Waals surface area contributed by atoms with Crippen molar-refractivity contribution in [2.24, 2.45) is 11.3 Å². The van der Waals surface area contributed by atoms with Crippen molar-refractivity contribution in [2.75, 3.05) is 6.54 Å². The van der Waals surface area contributed by atoms with E-state index in [1.807, 2.05) is 51.1 Å². The van der Waals surface area contributed by atoms with E-state index in [4.69, 9.17) is 9.47 Å². The smallest absolute Gasteiger partial charge is 0.408 e. The first-order valence-electron chi connectivity index (χ1n) is 17.8. The number of benzene rings is 1. The lowest BCUT2D eigenvalue weighted by molar-refractivity contribution is -0.593. The third-order valence-electron chi connectivity index (χ3n) is 10.2. The molecule has 1 aromatic heterocycles. The molecule has 51 heavy (non-hydrogen) atoms. The monoisotopic (exact) mass is 722 g/mol. The number of alkyl carbamates (subject to hydrolysis) is 1. The lowest BCUT2D eigenvalue weighted by Gasteiger charge is -2.35. The number of pyridine rings is 1. The van der Waals surface area contributed by atoms with E-state index >= 15 is 0 Å². The van der Waals surface area contributed by atoms with Crippen LogP contribution in [0.15, 0.2) is 49.2 Å². The summed E-state index contributed by atoms with van der Waals surface area (Å²) < 4.78 is 39.6. The zero-order chi connectivity index (χ0) is 36.5. The molecule has 2 aromatic rings. The Morgan fingerprint density at radius 1 is 1.16 bits per heavy atom. The van der Waals surface area contributed by atoms with Crippen LogP contribution in [0.5, 0.6) is 5.88 Å². The van der Waals surface area contributed by atoms with Crippen molar-refractivity contribution in [3.8, 4) is 5.88 Å². The predicted molar refractivity (Wildman–Crippen MR) is 190 cm³/mol. The first-order chi connectivity index (χ1) is 24.2. The number of primary amides is 1. The van der Waals surface area contributed by atoms with Crippen LogP contribution in [0, 0.1) is 11.3 Å². The summed E-state index contributed by atoms with van der Waals surface area (Å²) in [5.74, 6) is -1.39. The first-order valence-corrected chi connectivity index (χ1v) is 19.3. The molecule has 0 spiro atoms. The van der Waals surface area contributed by atoms with Gasteiger partial charge in [-0.3, -0.25) is 14.9 Å². The molecule has 1 aromatic carbocycles. The number of nitrogens with zero attached hydrogens (tertiary/aromatic N) is 2. The van der Waals surface area contributed by atoms with Crippen LogP contribution >= 0.6 is 0 Å². The van der Waals surface area contributed by atoms with Crippen molar-refractivity contribution in [1.29, 1.82) is 0 Å². The quantitative estimate of drug-likeness (QED) is 0.363. The van der Waals surface area contributed by atoms with Crippen LogP contribution in [0.3, 0.4) is 0 Å². The van der Waals surface area contributed by atoms with E-state index in [0.29, 0.717) is 18.7 Å². The fourth-order valence-electron chi connectivity index (χ4n) is 7.24. The number of nitrogens with one attached hydrogen (secondary N) is 2. The Morgan fingerprint density at radius 3 is 2.67 bits per heavy atom. The maximum Gasteiger partial charge on any atom is 0.408 e. The van der Waals surface area contributed by atoms with E-state index in [1.165, 1.54) is 16.3 Å². The highest BCUT2D eigenvalue weighted by Gasteiger charge is 2.49. The molecule has 14 heteroatoms. The summed E-state index contributed by atoms with van der Waals surface area (Å²) >= 11 is 0. The predicted octanol–water partition coefficient (Wildman–Crippen LogP) is 2.95. The molecule has 1 saturated heterocycles. The van der Waals surface area contributed by atoms with E-state index in [0.717, 1.165) is 42.0 Å². The summed E-state index contributed by atoms with van der Waals surface area (Å²) in [6.45, 7) is 9.15. The van der Waals surface area contributed by atoms with E-state index < -0.39 is 68.7 Å². The second-order valence-corrected chi connectivity index (χ2v) is 17.2. The zero-order valence-corrected chi connectivity index (χ0v) is 30.2. The molecular formula is C37H48N5O8S+. The summed E-state index contributed by atoms with van der Waals surface area (Å²) in [5.41, 5.74) is 0.171. The maximum absolute atomic E-state index is 14.5. The number of carbonyl (C=O) groups is 4. The Morgan fingerprint density at radius 2 is 1.94 bits per heavy atom. The number of quaternary nitrogens is 1. The average Bonchev–Trinajstić information content (AvgIpc) is 3.73. The van der Waals surface area contributed by atoms with E-state index in [-0.39, 0.29) is 31.4 Å². The fourth-order valence-corrected chi connectivity index (χ4v) is 8.59. The highest BCUT2D eigenvalue weighted by molar-refractivity contribution is 7.90. The third kappa shape index (κ3) is 8.44. The van der Waals surface area contributed by atoms with Gasteiger partial charge in [0.15, 0.2) is 12.1 Å². The van der Waals surface area contributed by atoms with Crippen molar-refractivity contribution in [3.05, 3.63) is 54.8 Å². The molecule has 4 bridgehead atoms. The van der Waals surface area contributed by atoms with Crippen molar-refractivity contribution in [3.63, 3.8) is 0 Å². The van der Waals surface area contributed by atoms with Crippen LogP contribution in [0.25, 0.3) is 16.8 Å². The number of carbonyl (C=O) groups excluding carboxylic acids is 4. The van der Waals surface area contributed by atoms with Gasteiger partial charge in [-0.2, -0.15) is 0 Å². The minimum Gasteiger partial charge on any atom is -0.472 e. The standard InChI is InChI=1S/C37H47N5O8S/c1-5-8-28(32(43)41-51(47,48)26-15-16-26)39-33(44)29-20-25-21-42(29)35(45)31(37(2,3)4)40-36(46)50-30-12-7-11-24(30)10-6-9-22-13-14-23-17-18-38-34(49-25)27(23)19-22/h5-6,9,13-14,17-19,24-26,28-31H,1,7-8,10-12,15-16,20-21H2,2-4H3,(H,39,44)(H,40,46)(H,41,43)/p+1. The summed E-state index contributed by atoms with van der Waals surface area (Å²) in [5, 5.41) is 5.06. The molecule has 4 aliphatic rings. The molecule has 0 radical (unpaired) electrons. The van der Waals surface area contributed by atoms with Gasteiger partial charge in [0, 0.05) is 24.4 Å². The molecule has 4 N–H and O–H groups in total. The largest absolute Gasteiger partial charge is 0.472 e. The minimum atomic E-state index is -3.86. The van der Waals surface area contributed by atoms with Gasteiger partial charge in [0.05, 0.1) is 11.8 Å². The molecule has 6 rings (SSSR count). The van der Waals surface area contributed by atoms with Gasteiger partial charge in [0.2, 0.25) is 21.8 Å². The first kappa shape index (κ1) is 36.5. The van der Waals surface area contributed by atoms with Crippen molar-refractivity contribution >= 4 is 50.7 Å². The molecular weight excluding hydrogens is 675 g/mol. The van der Waals surface area contributed by atoms with Crippen LogP contribution in [0.2, 0.25) is 0 Å². The average molecular weight is 723 g/mol. The number of hydrogen-bond donors (Lipinski definition) is 3. The number of allylic oxidation sites excluding steroid dienone is 1. The number of fused-ring (bicyclic) bond motifs is 4. The van der Waals surface area contributed by atoms with Gasteiger partial charge in [0.1, 0.15) is 18.2 Å². The lowest BCUT2D eigenvalue weighted by atomic mass is 9.85. The summed E-state index contributed by atoms with van der Waals surface area (Å²) in [6.07, 6.45) is 9.86. The Kier molecular flexibility index (Phi) is 10.5. The minimum absolute atomic E-state index is 0.00310. The van der Waals surface area contributed by atoms with Gasteiger partial charge in [0.25, 0.3) is 5.91 Å². The van der Waals surface area contributed by atoms with Crippen molar-refractivity contribution < 1.29 is 42.4 Å². The second kappa shape index (κ2) is 14.7. The number of aromatic nitrogens is 1. The SMILES string of the molecule is C=CCC([NH2+]C(=O)C1CC2CN1C(=O)C(C(C)(C)C)NC(=O)OC1CCCC1CC=Cc1ccc3ccnc(c3c1)O2)C(=O)NS(=O)(=O)C1CC1. The Balaban J connectivity index is 1.34. The lowest BCUT2D eigenvalue weighted by Crippen LogP contribution is -2.98. The summed E-state index contributed by atoms with van der Waals surface area (Å²) in [4.78, 5) is 61.1. The molecule has 3 heterocycles. The molecule has 2 saturated carbocycles. The van der Waals surface area contributed by atoms with Crippen LogP contribution in [-0.4, -0.2) is 84.2 Å². The van der Waals surface area contributed by atoms with Gasteiger partial charge in [-0.05, 0) is 72.9 Å². The topological polar surface area (TPSA) is 178 Å². The molecule has 6 unspecified atom stereocenters. The normalized spacial score (nSPS) is 26.3. The van der Waals surface area contributed by atoms with E-state index in [9.17, 15) is 27.6 Å². The number of nitrogens with two attached hydrogens (primary N) is 1. The number of ether oxygens (including phenoxy) is 2. The highest BCUT2D eigenvalue weighted by atomic mass is 32.2. The molecule has 4 amide bonds. The zero-order valence-electron chi connectivity index (χ0n) is 29.4. The van der Waals surface area contributed by atoms with Gasteiger partial charge < -0.3 is 19.7 Å². The van der Waals surface area contributed by atoms with Gasteiger partial charge in [-0.1, -0.05) is 51.1 Å². The van der Waals surface area contributed by atoms with Crippen LogP contribution < -0.4 is 20.1 Å². The summed E-state index contributed by atoms with van der Waals surface area (Å²) in [7, 11) is -3.86. The molecule has 2 aliphatic heterocycles. The molecule has 2 aliphatic carbocycles. The van der Waals surface area contributed by atoms with Crippen molar-refractivity contribution in [1.82, 2.24) is 19.9 Å². The van der Waals surface area contributed by atoms with Gasteiger partial charge >= 0.3 is 12.0 Å². The molecule has 3 fully saturated rings. The Labute approximate surface area is 298 Å². The fraction of sp³-hybridized carbons (Fsp3) is 0.541. The molecule has 13 nitrogen and oxygen atoms in total. The molecule has 274 valence electrons. The third-order valence-corrected chi connectivity index (χ3v) is 12.0. The Hall–Kier alpha value is -4.30. The highest BCUT2D eigenvalue weighted by Crippen LogP contribution is 2.34. The van der Waals surface area contributed by atoms with Crippen LogP contribution in [0.1, 0.15) is 77.7 Å². The van der Waals surface area contributed by atoms with E-state index in [2.05, 4.69) is 27.7 Å². The molecule has 6 atom stereocenters. The van der Waals surface area contributed by atoms with Crippen molar-refractivity contribution in [2.45, 2.75) is 108 Å². The summed E-state index contributed by atoms with van der Waals surface area (Å²) in [6, 6.07) is 4.61. The Bertz CT molecular complexity index is 1840. The number of hydrogen-bond acceptors (Lipinski definition) is 9.